The van der Waals surface area contributed by atoms with E-state index in [1.54, 1.807) is 0 Å². The summed E-state index contributed by atoms with van der Waals surface area (Å²) >= 11 is 0. The van der Waals surface area contributed by atoms with Gasteiger partial charge in [-0.1, -0.05) is 36.4 Å². The number of nitrogens with zero attached hydrogens (tertiary/aromatic N) is 3. The van der Waals surface area contributed by atoms with E-state index in [2.05, 4.69) is 79.1 Å². The Labute approximate surface area is 129 Å². The third-order valence-corrected chi connectivity index (χ3v) is 4.28. The van der Waals surface area contributed by atoms with Gasteiger partial charge in [-0.15, -0.1) is 0 Å². The SMILES string of the molecule is CN(C)Cc1nc2ccccc2c2c1c1ccccc1n2C. The van der Waals surface area contributed by atoms with Gasteiger partial charge in [0.2, 0.25) is 0 Å². The van der Waals surface area contributed by atoms with Crippen LogP contribution in [0.1, 0.15) is 5.69 Å². The van der Waals surface area contributed by atoms with Crippen LogP contribution in [0.25, 0.3) is 32.7 Å². The van der Waals surface area contributed by atoms with Crippen LogP contribution in [0, 0.1) is 0 Å². The highest BCUT2D eigenvalue weighted by Gasteiger charge is 2.16. The normalized spacial score (nSPS) is 12.0. The minimum Gasteiger partial charge on any atom is -0.343 e. The molecule has 0 aliphatic carbocycles. The smallest absolute Gasteiger partial charge is 0.0727 e. The molecule has 4 rings (SSSR count). The van der Waals surface area contributed by atoms with Crippen molar-refractivity contribution >= 4 is 32.7 Å². The highest BCUT2D eigenvalue weighted by atomic mass is 15.1. The van der Waals surface area contributed by atoms with E-state index in [0.717, 1.165) is 17.8 Å². The summed E-state index contributed by atoms with van der Waals surface area (Å²) in [5.41, 5.74) is 4.76. The minimum atomic E-state index is 0.843. The molecule has 0 N–H and O–H groups in total. The second-order valence-corrected chi connectivity index (χ2v) is 6.11. The molecular formula is C19H19N3. The number of aromatic nitrogens is 2. The van der Waals surface area contributed by atoms with Crippen LogP contribution in [0.4, 0.5) is 0 Å². The van der Waals surface area contributed by atoms with Gasteiger partial charge in [0.15, 0.2) is 0 Å². The van der Waals surface area contributed by atoms with Gasteiger partial charge in [-0.2, -0.15) is 0 Å². The fourth-order valence-electron chi connectivity index (χ4n) is 3.39. The first-order valence-electron chi connectivity index (χ1n) is 7.56. The summed E-state index contributed by atoms with van der Waals surface area (Å²) < 4.78 is 2.30. The summed E-state index contributed by atoms with van der Waals surface area (Å²) in [6.45, 7) is 0.843. The number of rotatable bonds is 2. The van der Waals surface area contributed by atoms with Crippen molar-refractivity contribution in [2.75, 3.05) is 14.1 Å². The number of hydrogen-bond acceptors (Lipinski definition) is 2. The fourth-order valence-corrected chi connectivity index (χ4v) is 3.39. The first-order chi connectivity index (χ1) is 10.7. The van der Waals surface area contributed by atoms with Gasteiger partial charge in [0, 0.05) is 35.3 Å². The topological polar surface area (TPSA) is 21.1 Å². The van der Waals surface area contributed by atoms with Crippen LogP contribution in [-0.4, -0.2) is 28.5 Å². The number of para-hydroxylation sites is 2. The van der Waals surface area contributed by atoms with Gasteiger partial charge in [-0.25, -0.2) is 0 Å². The predicted molar refractivity (Wildman–Crippen MR) is 93.1 cm³/mol. The Kier molecular flexibility index (Phi) is 2.91. The monoisotopic (exact) mass is 289 g/mol. The molecule has 0 bridgehead atoms. The van der Waals surface area contributed by atoms with Crippen LogP contribution in [0.2, 0.25) is 0 Å². The maximum Gasteiger partial charge on any atom is 0.0727 e. The maximum atomic E-state index is 4.95. The highest BCUT2D eigenvalue weighted by molar-refractivity contribution is 6.17. The van der Waals surface area contributed by atoms with Crippen LogP contribution >= 0.6 is 0 Å². The quantitative estimate of drug-likeness (QED) is 0.557. The van der Waals surface area contributed by atoms with Crippen molar-refractivity contribution in [2.45, 2.75) is 6.54 Å². The van der Waals surface area contributed by atoms with E-state index in [-0.39, 0.29) is 0 Å². The van der Waals surface area contributed by atoms with Gasteiger partial charge < -0.3 is 9.47 Å². The molecule has 0 saturated carbocycles. The standard InChI is InChI=1S/C19H19N3/c1-21(2)12-16-18-14-9-5-7-11-17(14)22(3)19(18)13-8-4-6-10-15(13)20-16/h4-11H,12H2,1-3H3. The lowest BCUT2D eigenvalue weighted by molar-refractivity contribution is 0.399. The number of hydrogen-bond donors (Lipinski definition) is 0. The highest BCUT2D eigenvalue weighted by Crippen LogP contribution is 2.34. The molecule has 3 nitrogen and oxygen atoms in total. The van der Waals surface area contributed by atoms with Crippen molar-refractivity contribution in [2.24, 2.45) is 7.05 Å². The molecule has 110 valence electrons. The van der Waals surface area contributed by atoms with Crippen LogP contribution in [0.15, 0.2) is 48.5 Å². The second-order valence-electron chi connectivity index (χ2n) is 6.11. The number of aryl methyl sites for hydroxylation is 1. The summed E-state index contributed by atoms with van der Waals surface area (Å²) in [5.74, 6) is 0. The summed E-state index contributed by atoms with van der Waals surface area (Å²) in [6.07, 6.45) is 0. The lowest BCUT2D eigenvalue weighted by Crippen LogP contribution is -2.12. The largest absolute Gasteiger partial charge is 0.343 e. The molecule has 0 aliphatic heterocycles. The zero-order chi connectivity index (χ0) is 15.3. The molecule has 0 fully saturated rings. The van der Waals surface area contributed by atoms with Crippen molar-refractivity contribution in [1.82, 2.24) is 14.5 Å². The minimum absolute atomic E-state index is 0.843. The third-order valence-electron chi connectivity index (χ3n) is 4.28. The summed E-state index contributed by atoms with van der Waals surface area (Å²) in [6, 6.07) is 17.0. The van der Waals surface area contributed by atoms with Gasteiger partial charge in [-0.05, 0) is 26.2 Å². The average molecular weight is 289 g/mol. The molecule has 0 atom stereocenters. The molecular weight excluding hydrogens is 270 g/mol. The van der Waals surface area contributed by atoms with Gasteiger partial charge in [-0.3, -0.25) is 4.98 Å². The van der Waals surface area contributed by atoms with Crippen LogP contribution in [0.5, 0.6) is 0 Å². The molecule has 0 amide bonds. The Bertz CT molecular complexity index is 996. The van der Waals surface area contributed by atoms with E-state index in [1.165, 1.54) is 27.2 Å². The molecule has 0 unspecified atom stereocenters. The van der Waals surface area contributed by atoms with Gasteiger partial charge in [0.1, 0.15) is 0 Å². The molecule has 22 heavy (non-hydrogen) atoms. The lowest BCUT2D eigenvalue weighted by Gasteiger charge is -2.12. The Morgan fingerprint density at radius 3 is 2.41 bits per heavy atom. The van der Waals surface area contributed by atoms with E-state index < -0.39 is 0 Å². The van der Waals surface area contributed by atoms with Gasteiger partial charge >= 0.3 is 0 Å². The molecule has 0 saturated heterocycles. The van der Waals surface area contributed by atoms with Crippen molar-refractivity contribution in [3.8, 4) is 0 Å². The van der Waals surface area contributed by atoms with Crippen LogP contribution < -0.4 is 0 Å². The zero-order valence-corrected chi connectivity index (χ0v) is 13.2. The maximum absolute atomic E-state index is 4.95. The third kappa shape index (κ3) is 1.82. The van der Waals surface area contributed by atoms with E-state index in [9.17, 15) is 0 Å². The molecule has 0 aliphatic rings. The number of pyridine rings is 1. The molecule has 2 aromatic carbocycles. The molecule has 4 aromatic rings. The Morgan fingerprint density at radius 1 is 0.955 bits per heavy atom. The molecule has 2 heterocycles. The molecule has 0 spiro atoms. The molecule has 3 heteroatoms. The van der Waals surface area contributed by atoms with Crippen LogP contribution in [-0.2, 0) is 13.6 Å². The zero-order valence-electron chi connectivity index (χ0n) is 13.2. The first kappa shape index (κ1) is 13.3. The van der Waals surface area contributed by atoms with E-state index in [4.69, 9.17) is 4.98 Å². The van der Waals surface area contributed by atoms with Crippen molar-refractivity contribution in [1.29, 1.82) is 0 Å². The van der Waals surface area contributed by atoms with Crippen molar-refractivity contribution in [3.05, 3.63) is 54.2 Å². The lowest BCUT2D eigenvalue weighted by atomic mass is 10.1. The predicted octanol–water partition coefficient (Wildman–Crippen LogP) is 3.94. The second kappa shape index (κ2) is 4.82. The van der Waals surface area contributed by atoms with Crippen LogP contribution in [0.3, 0.4) is 0 Å². The Hall–Kier alpha value is -2.39. The molecule has 0 radical (unpaired) electrons. The van der Waals surface area contributed by atoms with E-state index in [0.29, 0.717) is 0 Å². The van der Waals surface area contributed by atoms with Gasteiger partial charge in [0.25, 0.3) is 0 Å². The summed E-state index contributed by atoms with van der Waals surface area (Å²) in [7, 11) is 6.33. The molecule has 2 aromatic heterocycles. The summed E-state index contributed by atoms with van der Waals surface area (Å²) in [4.78, 5) is 7.13. The van der Waals surface area contributed by atoms with Crippen molar-refractivity contribution < 1.29 is 0 Å². The average Bonchev–Trinajstić information content (AvgIpc) is 2.82. The van der Waals surface area contributed by atoms with Crippen molar-refractivity contribution in [3.63, 3.8) is 0 Å². The van der Waals surface area contributed by atoms with Gasteiger partial charge in [0.05, 0.1) is 16.7 Å². The Morgan fingerprint density at radius 2 is 1.64 bits per heavy atom. The number of benzene rings is 2. The fraction of sp³-hybridized carbons (Fsp3) is 0.211. The first-order valence-corrected chi connectivity index (χ1v) is 7.56. The van der Waals surface area contributed by atoms with E-state index in [1.807, 2.05) is 0 Å². The summed E-state index contributed by atoms with van der Waals surface area (Å²) in [5, 5.41) is 3.79. The van der Waals surface area contributed by atoms with E-state index >= 15 is 0 Å². The number of fused-ring (bicyclic) bond motifs is 5. The Balaban J connectivity index is 2.27.